The summed E-state index contributed by atoms with van der Waals surface area (Å²) in [5, 5.41) is 0. The van der Waals surface area contributed by atoms with Gasteiger partial charge in [-0.2, -0.15) is 0 Å². The van der Waals surface area contributed by atoms with Crippen molar-refractivity contribution in [3.05, 3.63) is 0 Å². The second-order valence-corrected chi connectivity index (χ2v) is 8.50. The van der Waals surface area contributed by atoms with Crippen LogP contribution < -0.4 is 11.0 Å². The average Bonchev–Trinajstić information content (AvgIpc) is 2.93. The number of hydrogen-bond acceptors (Lipinski definition) is 5. The molecule has 0 aliphatic carbocycles. The third-order valence-electron chi connectivity index (χ3n) is 4.64. The number of unbranched alkanes of at least 4 members (excludes halogenated alkanes) is 13. The molecule has 0 saturated carbocycles. The van der Waals surface area contributed by atoms with Crippen LogP contribution in [0.25, 0.3) is 0 Å². The first-order valence-corrected chi connectivity index (χ1v) is 11.8. The molecule has 1 aliphatic rings. The molecule has 158 valence electrons. The summed E-state index contributed by atoms with van der Waals surface area (Å²) < 4.78 is 25.6. The van der Waals surface area contributed by atoms with Gasteiger partial charge >= 0.3 is 0 Å². The molecule has 1 unspecified atom stereocenters. The van der Waals surface area contributed by atoms with E-state index in [9.17, 15) is 9.46 Å². The van der Waals surface area contributed by atoms with Crippen molar-refractivity contribution < 1.29 is 23.2 Å². The zero-order valence-corrected chi connectivity index (χ0v) is 18.0. The minimum Gasteiger partial charge on any atom is -0.756 e. The molecule has 1 heterocycles. The number of phosphoric acid groups is 1. The first-order chi connectivity index (χ1) is 12.1. The Kier molecular flexibility index (Phi) is 17.2. The summed E-state index contributed by atoms with van der Waals surface area (Å²) in [5.41, 5.74) is 0. The molecule has 0 radical (unpaired) electrons. The molecule has 1 aliphatic heterocycles. The van der Waals surface area contributed by atoms with Crippen LogP contribution in [-0.2, 0) is 18.3 Å². The number of hydrogen-bond donors (Lipinski definition) is 1. The van der Waals surface area contributed by atoms with E-state index >= 15 is 0 Å². The molecular weight excluding hydrogens is 353 g/mol. The van der Waals surface area contributed by atoms with E-state index in [0.717, 1.165) is 6.42 Å². The minimum absolute atomic E-state index is 0. The van der Waals surface area contributed by atoms with Gasteiger partial charge in [-0.1, -0.05) is 90.4 Å². The van der Waals surface area contributed by atoms with Crippen LogP contribution in [0.1, 0.15) is 96.8 Å². The topological polar surface area (TPSA) is 104 Å². The van der Waals surface area contributed by atoms with E-state index in [1.165, 1.54) is 83.5 Å². The normalized spacial score (nSPS) is 22.5. The van der Waals surface area contributed by atoms with Gasteiger partial charge in [0.05, 0.1) is 13.2 Å². The summed E-state index contributed by atoms with van der Waals surface area (Å²) in [4.78, 5) is 10.9. The SMILES string of the molecule is CCCCCCCCCCCCCCCCOC[C@@H]1COP(=O)([O-])O1.[NH4+]. The fourth-order valence-electron chi connectivity index (χ4n) is 3.11. The molecule has 7 heteroatoms. The third-order valence-corrected chi connectivity index (χ3v) is 5.66. The number of ether oxygens (including phenoxy) is 1. The van der Waals surface area contributed by atoms with Crippen LogP contribution in [0.2, 0.25) is 0 Å². The molecule has 1 fully saturated rings. The maximum Gasteiger partial charge on any atom is 0.268 e. The molecule has 0 aromatic heterocycles. The first kappa shape index (κ1) is 26.0. The molecule has 0 aromatic carbocycles. The van der Waals surface area contributed by atoms with E-state index in [-0.39, 0.29) is 12.8 Å². The van der Waals surface area contributed by atoms with Gasteiger partial charge in [-0.05, 0) is 6.42 Å². The molecule has 2 atom stereocenters. The Morgan fingerprint density at radius 3 is 1.77 bits per heavy atom. The van der Waals surface area contributed by atoms with Crippen molar-refractivity contribution in [1.29, 1.82) is 0 Å². The maximum atomic E-state index is 10.9. The van der Waals surface area contributed by atoms with Crippen LogP contribution in [-0.4, -0.2) is 25.9 Å². The lowest BCUT2D eigenvalue weighted by atomic mass is 10.0. The van der Waals surface area contributed by atoms with E-state index < -0.39 is 13.9 Å². The first-order valence-electron chi connectivity index (χ1n) is 10.4. The molecule has 26 heavy (non-hydrogen) atoms. The monoisotopic (exact) mass is 395 g/mol. The van der Waals surface area contributed by atoms with Crippen LogP contribution in [0.15, 0.2) is 0 Å². The highest BCUT2D eigenvalue weighted by molar-refractivity contribution is 7.46. The van der Waals surface area contributed by atoms with Crippen molar-refractivity contribution in [3.63, 3.8) is 0 Å². The Labute approximate surface area is 160 Å². The van der Waals surface area contributed by atoms with E-state index in [1.807, 2.05) is 0 Å². The molecule has 1 saturated heterocycles. The van der Waals surface area contributed by atoms with Gasteiger partial charge in [-0.25, -0.2) is 0 Å². The Morgan fingerprint density at radius 2 is 1.35 bits per heavy atom. The van der Waals surface area contributed by atoms with E-state index in [0.29, 0.717) is 13.2 Å². The quantitative estimate of drug-likeness (QED) is 0.249. The average molecular weight is 396 g/mol. The van der Waals surface area contributed by atoms with Gasteiger partial charge in [0, 0.05) is 6.61 Å². The Balaban J connectivity index is 0.00000625. The van der Waals surface area contributed by atoms with Crippen LogP contribution in [0.5, 0.6) is 0 Å². The van der Waals surface area contributed by atoms with Crippen molar-refractivity contribution in [1.82, 2.24) is 6.15 Å². The van der Waals surface area contributed by atoms with Crippen LogP contribution in [0.3, 0.4) is 0 Å². The standard InChI is InChI=1S/C19H39O5P.H3N/c1-2-3-4-5-6-7-8-9-10-11-12-13-14-15-16-22-17-19-18-23-25(20,21)24-19;/h19H,2-18H2,1H3,(H,20,21);1H3/t19-;/m1./s1. The number of phosphoric ester groups is 1. The lowest BCUT2D eigenvalue weighted by Gasteiger charge is -2.14. The second kappa shape index (κ2) is 17.2. The van der Waals surface area contributed by atoms with Gasteiger partial charge < -0.3 is 24.8 Å². The summed E-state index contributed by atoms with van der Waals surface area (Å²) in [5.74, 6) is 0. The van der Waals surface area contributed by atoms with Gasteiger partial charge in [-0.15, -0.1) is 0 Å². The fraction of sp³-hybridized carbons (Fsp3) is 1.00. The van der Waals surface area contributed by atoms with Crippen molar-refractivity contribution in [2.45, 2.75) is 103 Å². The fourth-order valence-corrected chi connectivity index (χ4v) is 4.01. The molecule has 0 bridgehead atoms. The highest BCUT2D eigenvalue weighted by Gasteiger charge is 2.27. The summed E-state index contributed by atoms with van der Waals surface area (Å²) in [6.07, 6.45) is 18.3. The predicted molar refractivity (Wildman–Crippen MR) is 106 cm³/mol. The lowest BCUT2D eigenvalue weighted by Crippen LogP contribution is -2.18. The summed E-state index contributed by atoms with van der Waals surface area (Å²) >= 11 is 0. The highest BCUT2D eigenvalue weighted by Crippen LogP contribution is 2.45. The van der Waals surface area contributed by atoms with Crippen molar-refractivity contribution in [2.75, 3.05) is 19.8 Å². The van der Waals surface area contributed by atoms with Gasteiger partial charge in [0.2, 0.25) is 0 Å². The molecule has 0 aromatic rings. The zero-order valence-electron chi connectivity index (χ0n) is 17.1. The Bertz CT molecular complexity index is 357. The van der Waals surface area contributed by atoms with E-state index in [1.54, 1.807) is 0 Å². The minimum atomic E-state index is -4.02. The molecule has 0 spiro atoms. The third kappa shape index (κ3) is 15.1. The van der Waals surface area contributed by atoms with Gasteiger partial charge in [0.15, 0.2) is 0 Å². The zero-order chi connectivity index (χ0) is 18.2. The predicted octanol–water partition coefficient (Wildman–Crippen LogP) is 5.74. The van der Waals surface area contributed by atoms with Crippen molar-refractivity contribution in [2.24, 2.45) is 0 Å². The Hall–Kier alpha value is 0.0300. The maximum absolute atomic E-state index is 10.9. The summed E-state index contributed by atoms with van der Waals surface area (Å²) in [7, 11) is -4.02. The van der Waals surface area contributed by atoms with Gasteiger partial charge in [-0.3, -0.25) is 4.57 Å². The van der Waals surface area contributed by atoms with Gasteiger partial charge in [0.25, 0.3) is 7.82 Å². The van der Waals surface area contributed by atoms with Crippen LogP contribution >= 0.6 is 7.82 Å². The smallest absolute Gasteiger partial charge is 0.268 e. The molecule has 6 nitrogen and oxygen atoms in total. The second-order valence-electron chi connectivity index (χ2n) is 7.14. The number of quaternary nitrogens is 1. The van der Waals surface area contributed by atoms with E-state index in [2.05, 4.69) is 11.4 Å². The van der Waals surface area contributed by atoms with E-state index in [4.69, 9.17) is 9.26 Å². The Morgan fingerprint density at radius 1 is 0.885 bits per heavy atom. The van der Waals surface area contributed by atoms with Crippen molar-refractivity contribution in [3.8, 4) is 0 Å². The lowest BCUT2D eigenvalue weighted by molar-refractivity contribution is -0.215. The number of rotatable bonds is 17. The van der Waals surface area contributed by atoms with Gasteiger partial charge in [0.1, 0.15) is 6.10 Å². The molecule has 4 N–H and O–H groups in total. The molecule has 1 rings (SSSR count). The largest absolute Gasteiger partial charge is 0.756 e. The van der Waals surface area contributed by atoms with Crippen LogP contribution in [0.4, 0.5) is 0 Å². The van der Waals surface area contributed by atoms with Crippen molar-refractivity contribution >= 4 is 7.82 Å². The summed E-state index contributed by atoms with van der Waals surface area (Å²) in [6.45, 7) is 3.31. The van der Waals surface area contributed by atoms with Crippen LogP contribution in [0, 0.1) is 0 Å². The summed E-state index contributed by atoms with van der Waals surface area (Å²) in [6, 6.07) is 0. The molecular formula is C19H42NO5P. The molecule has 0 amide bonds. The highest BCUT2D eigenvalue weighted by atomic mass is 31.2.